The number of carbonyl (C=O) groups excluding carboxylic acids is 1. The lowest BCUT2D eigenvalue weighted by Crippen LogP contribution is -1.95. The molecular formula is C22H26O2. The molecule has 0 saturated heterocycles. The monoisotopic (exact) mass is 322 g/mol. The van der Waals surface area contributed by atoms with Gasteiger partial charge in [-0.05, 0) is 35.8 Å². The molecule has 0 N–H and O–H groups in total. The minimum absolute atomic E-state index is 0.196. The predicted molar refractivity (Wildman–Crippen MR) is 100 cm³/mol. The van der Waals surface area contributed by atoms with Crippen molar-refractivity contribution >= 4 is 11.9 Å². The Labute approximate surface area is 145 Å². The first-order valence-electron chi connectivity index (χ1n) is 8.75. The molecule has 0 amide bonds. The summed E-state index contributed by atoms with van der Waals surface area (Å²) in [5.74, 6) is 1.01. The lowest BCUT2D eigenvalue weighted by Gasteiger charge is -2.06. The molecule has 2 aromatic rings. The Morgan fingerprint density at radius 2 is 1.83 bits per heavy atom. The number of hydrogen-bond acceptors (Lipinski definition) is 2. The van der Waals surface area contributed by atoms with Crippen molar-refractivity contribution in [3.8, 4) is 5.75 Å². The second kappa shape index (κ2) is 10.4. The van der Waals surface area contributed by atoms with Gasteiger partial charge in [-0.1, -0.05) is 74.7 Å². The zero-order valence-corrected chi connectivity index (χ0v) is 14.4. The standard InChI is InChI=1S/C22H26O2/c1-2-3-4-8-13-21(23)16-15-19-12-9-14-22(17-19)24-18-20-10-6-5-7-11-20/h5-7,9-12,14-17H,2-4,8,13,18H2,1H3. The van der Waals surface area contributed by atoms with Crippen molar-refractivity contribution in [1.82, 2.24) is 0 Å². The molecule has 0 spiro atoms. The molecule has 2 aromatic carbocycles. The van der Waals surface area contributed by atoms with Crippen LogP contribution in [0.4, 0.5) is 0 Å². The number of benzene rings is 2. The molecule has 0 heterocycles. The van der Waals surface area contributed by atoms with Gasteiger partial charge in [0.1, 0.15) is 12.4 Å². The van der Waals surface area contributed by atoms with Gasteiger partial charge in [-0.3, -0.25) is 4.79 Å². The topological polar surface area (TPSA) is 26.3 Å². The highest BCUT2D eigenvalue weighted by Gasteiger charge is 1.99. The van der Waals surface area contributed by atoms with Crippen LogP contribution >= 0.6 is 0 Å². The van der Waals surface area contributed by atoms with E-state index in [1.54, 1.807) is 6.08 Å². The first kappa shape index (κ1) is 18.0. The molecule has 0 aliphatic carbocycles. The highest BCUT2D eigenvalue weighted by molar-refractivity contribution is 5.93. The number of unbranched alkanes of at least 4 members (excludes halogenated alkanes) is 3. The first-order valence-corrected chi connectivity index (χ1v) is 8.75. The van der Waals surface area contributed by atoms with E-state index >= 15 is 0 Å². The van der Waals surface area contributed by atoms with Crippen molar-refractivity contribution in [1.29, 1.82) is 0 Å². The van der Waals surface area contributed by atoms with Gasteiger partial charge >= 0.3 is 0 Å². The van der Waals surface area contributed by atoms with Gasteiger partial charge in [0, 0.05) is 6.42 Å². The summed E-state index contributed by atoms with van der Waals surface area (Å²) in [5, 5.41) is 0. The molecule has 24 heavy (non-hydrogen) atoms. The van der Waals surface area contributed by atoms with Crippen molar-refractivity contribution < 1.29 is 9.53 Å². The Balaban J connectivity index is 1.83. The van der Waals surface area contributed by atoms with Crippen molar-refractivity contribution in [3.63, 3.8) is 0 Å². The molecule has 0 bridgehead atoms. The Bertz CT molecular complexity index is 644. The van der Waals surface area contributed by atoms with E-state index < -0.39 is 0 Å². The maximum absolute atomic E-state index is 11.9. The molecular weight excluding hydrogens is 296 g/mol. The Morgan fingerprint density at radius 3 is 2.62 bits per heavy atom. The van der Waals surface area contributed by atoms with Crippen molar-refractivity contribution in [3.05, 3.63) is 71.8 Å². The fourth-order valence-corrected chi connectivity index (χ4v) is 2.45. The van der Waals surface area contributed by atoms with E-state index in [1.807, 2.05) is 60.7 Å². The summed E-state index contributed by atoms with van der Waals surface area (Å²) >= 11 is 0. The van der Waals surface area contributed by atoms with E-state index in [9.17, 15) is 4.79 Å². The Kier molecular flexibility index (Phi) is 7.82. The minimum Gasteiger partial charge on any atom is -0.489 e. The van der Waals surface area contributed by atoms with Gasteiger partial charge in [0.15, 0.2) is 5.78 Å². The van der Waals surface area contributed by atoms with Crippen LogP contribution in [0.5, 0.6) is 5.75 Å². The van der Waals surface area contributed by atoms with Gasteiger partial charge < -0.3 is 4.74 Å². The lowest BCUT2D eigenvalue weighted by molar-refractivity contribution is -0.114. The van der Waals surface area contributed by atoms with E-state index in [4.69, 9.17) is 4.74 Å². The van der Waals surface area contributed by atoms with Gasteiger partial charge in [-0.2, -0.15) is 0 Å². The molecule has 0 fully saturated rings. The van der Waals surface area contributed by atoms with Crippen LogP contribution in [0.2, 0.25) is 0 Å². The highest BCUT2D eigenvalue weighted by atomic mass is 16.5. The van der Waals surface area contributed by atoms with Crippen LogP contribution in [-0.4, -0.2) is 5.78 Å². The van der Waals surface area contributed by atoms with Crippen molar-refractivity contribution in [2.75, 3.05) is 0 Å². The van der Waals surface area contributed by atoms with E-state index in [0.717, 1.165) is 29.7 Å². The lowest BCUT2D eigenvalue weighted by atomic mass is 10.1. The average Bonchev–Trinajstić information content (AvgIpc) is 2.63. The third-order valence-corrected chi connectivity index (χ3v) is 3.84. The van der Waals surface area contributed by atoms with Crippen LogP contribution in [0.25, 0.3) is 6.08 Å². The summed E-state index contributed by atoms with van der Waals surface area (Å²) in [6, 6.07) is 17.9. The molecule has 0 aliphatic rings. The number of hydrogen-bond donors (Lipinski definition) is 0. The van der Waals surface area contributed by atoms with Crippen molar-refractivity contribution in [2.45, 2.75) is 45.6 Å². The molecule has 0 aromatic heterocycles. The molecule has 126 valence electrons. The summed E-state index contributed by atoms with van der Waals surface area (Å²) in [7, 11) is 0. The third kappa shape index (κ3) is 6.82. The smallest absolute Gasteiger partial charge is 0.155 e. The quantitative estimate of drug-likeness (QED) is 0.407. The first-order chi connectivity index (χ1) is 11.8. The molecule has 0 aliphatic heterocycles. The van der Waals surface area contributed by atoms with Gasteiger partial charge in [-0.25, -0.2) is 0 Å². The molecule has 2 nitrogen and oxygen atoms in total. The van der Waals surface area contributed by atoms with Gasteiger partial charge in [0.05, 0.1) is 0 Å². The molecule has 0 radical (unpaired) electrons. The van der Waals surface area contributed by atoms with E-state index in [1.165, 1.54) is 12.8 Å². The van der Waals surface area contributed by atoms with Crippen LogP contribution < -0.4 is 4.74 Å². The maximum atomic E-state index is 11.9. The molecule has 0 saturated carbocycles. The molecule has 0 atom stereocenters. The number of carbonyl (C=O) groups is 1. The Hall–Kier alpha value is -2.35. The van der Waals surface area contributed by atoms with E-state index in [2.05, 4.69) is 6.92 Å². The van der Waals surface area contributed by atoms with Crippen LogP contribution in [0.3, 0.4) is 0 Å². The third-order valence-electron chi connectivity index (χ3n) is 3.84. The number of rotatable bonds is 10. The summed E-state index contributed by atoms with van der Waals surface area (Å²) in [6.07, 6.45) is 8.72. The number of allylic oxidation sites excluding steroid dienone is 1. The van der Waals surface area contributed by atoms with E-state index in [-0.39, 0.29) is 5.78 Å². The van der Waals surface area contributed by atoms with E-state index in [0.29, 0.717) is 13.0 Å². The van der Waals surface area contributed by atoms with Crippen LogP contribution in [-0.2, 0) is 11.4 Å². The normalized spacial score (nSPS) is 10.9. The van der Waals surface area contributed by atoms with Crippen LogP contribution in [0.15, 0.2) is 60.7 Å². The van der Waals surface area contributed by atoms with Crippen LogP contribution in [0, 0.1) is 0 Å². The predicted octanol–water partition coefficient (Wildman–Crippen LogP) is 5.82. The van der Waals surface area contributed by atoms with Gasteiger partial charge in [0.2, 0.25) is 0 Å². The van der Waals surface area contributed by atoms with Crippen LogP contribution in [0.1, 0.15) is 50.2 Å². The van der Waals surface area contributed by atoms with Gasteiger partial charge in [0.25, 0.3) is 0 Å². The maximum Gasteiger partial charge on any atom is 0.155 e. The molecule has 2 heteroatoms. The van der Waals surface area contributed by atoms with Gasteiger partial charge in [-0.15, -0.1) is 0 Å². The fourth-order valence-electron chi connectivity index (χ4n) is 2.45. The number of ether oxygens (including phenoxy) is 1. The SMILES string of the molecule is CCCCCCC(=O)C=Cc1cccc(OCc2ccccc2)c1. The summed E-state index contributed by atoms with van der Waals surface area (Å²) in [5.41, 5.74) is 2.13. The number of ketones is 1. The molecule has 2 rings (SSSR count). The second-order valence-corrected chi connectivity index (χ2v) is 5.96. The average molecular weight is 322 g/mol. The van der Waals surface area contributed by atoms with Crippen molar-refractivity contribution in [2.24, 2.45) is 0 Å². The fraction of sp³-hybridized carbons (Fsp3) is 0.318. The minimum atomic E-state index is 0.196. The highest BCUT2D eigenvalue weighted by Crippen LogP contribution is 2.16. The Morgan fingerprint density at radius 1 is 1.00 bits per heavy atom. The summed E-state index contributed by atoms with van der Waals surface area (Å²) in [6.45, 7) is 2.72. The second-order valence-electron chi connectivity index (χ2n) is 5.96. The summed E-state index contributed by atoms with van der Waals surface area (Å²) in [4.78, 5) is 11.9. The zero-order valence-electron chi connectivity index (χ0n) is 14.4. The largest absolute Gasteiger partial charge is 0.489 e. The zero-order chi connectivity index (χ0) is 17.0. The summed E-state index contributed by atoms with van der Waals surface area (Å²) < 4.78 is 5.81. The molecule has 0 unspecified atom stereocenters.